The highest BCUT2D eigenvalue weighted by Crippen LogP contribution is 2.23. The van der Waals surface area contributed by atoms with E-state index in [4.69, 9.17) is 5.73 Å². The number of nitrogens with two attached hydrogens (primary N) is 1. The van der Waals surface area contributed by atoms with Crippen LogP contribution in [0.5, 0.6) is 0 Å². The first-order valence-corrected chi connectivity index (χ1v) is 7.12. The lowest BCUT2D eigenvalue weighted by molar-refractivity contribution is -0.384. The molecule has 11 heteroatoms. The van der Waals surface area contributed by atoms with Gasteiger partial charge in [0.05, 0.1) is 17.2 Å². The number of hydrogen-bond acceptors (Lipinski definition) is 6. The third-order valence-corrected chi connectivity index (χ3v) is 3.81. The molecule has 8 nitrogen and oxygen atoms in total. The summed E-state index contributed by atoms with van der Waals surface area (Å²) in [5.41, 5.74) is 4.83. The van der Waals surface area contributed by atoms with Gasteiger partial charge in [0.25, 0.3) is 12.1 Å². The number of nitro groups is 1. The Morgan fingerprint density at radius 2 is 2.10 bits per heavy atom. The van der Waals surface area contributed by atoms with E-state index in [-0.39, 0.29) is 29.4 Å². The van der Waals surface area contributed by atoms with Crippen LogP contribution < -0.4 is 10.5 Å². The van der Waals surface area contributed by atoms with Crippen molar-refractivity contribution >= 4 is 21.4 Å². The Morgan fingerprint density at radius 3 is 2.62 bits per heavy atom. The summed E-state index contributed by atoms with van der Waals surface area (Å²) in [6, 6.07) is 2.91. The molecule has 0 aromatic heterocycles. The van der Waals surface area contributed by atoms with E-state index in [9.17, 15) is 27.3 Å². The first-order valence-electron chi connectivity index (χ1n) is 5.63. The molecule has 0 fully saturated rings. The van der Waals surface area contributed by atoms with Crippen molar-refractivity contribution in [3.05, 3.63) is 28.3 Å². The summed E-state index contributed by atoms with van der Waals surface area (Å²) < 4.78 is 53.9. The van der Waals surface area contributed by atoms with Gasteiger partial charge in [-0.2, -0.15) is 0 Å². The van der Waals surface area contributed by atoms with Crippen LogP contribution in [0.4, 0.5) is 20.2 Å². The van der Waals surface area contributed by atoms with Gasteiger partial charge in [-0.25, -0.2) is 21.9 Å². The van der Waals surface area contributed by atoms with E-state index in [1.807, 2.05) is 0 Å². The third kappa shape index (κ3) is 5.21. The van der Waals surface area contributed by atoms with E-state index in [2.05, 4.69) is 9.46 Å². The predicted octanol–water partition coefficient (Wildman–Crippen LogP) is 0.737. The first-order chi connectivity index (χ1) is 9.74. The van der Waals surface area contributed by atoms with Crippen LogP contribution in [0.25, 0.3) is 0 Å². The minimum absolute atomic E-state index is 0.231. The minimum Gasteiger partial charge on any atom is -0.397 e. The van der Waals surface area contributed by atoms with E-state index < -0.39 is 28.0 Å². The van der Waals surface area contributed by atoms with Crippen LogP contribution in [-0.2, 0) is 14.8 Å². The van der Waals surface area contributed by atoms with Crippen molar-refractivity contribution in [2.45, 2.75) is 11.3 Å². The molecule has 0 bridgehead atoms. The highest BCUT2D eigenvalue weighted by molar-refractivity contribution is 7.89. The summed E-state index contributed by atoms with van der Waals surface area (Å²) in [6.45, 7) is -1.26. The molecular weight excluding hydrogens is 312 g/mol. The van der Waals surface area contributed by atoms with Crippen molar-refractivity contribution in [1.29, 1.82) is 0 Å². The van der Waals surface area contributed by atoms with Crippen molar-refractivity contribution in [2.75, 3.05) is 25.5 Å². The zero-order chi connectivity index (χ0) is 16.0. The number of benzene rings is 1. The van der Waals surface area contributed by atoms with Gasteiger partial charge in [-0.05, 0) is 6.07 Å². The standard InChI is InChI=1S/C10H13F2N3O5S/c11-10(12)6-20-4-3-14-21(18,19)9-2-1-7(15(16)17)5-8(9)13/h1-2,5,10,14H,3-4,6,13H2. The van der Waals surface area contributed by atoms with Gasteiger partial charge in [-0.15, -0.1) is 0 Å². The number of nitrogens with zero attached hydrogens (tertiary/aromatic N) is 1. The van der Waals surface area contributed by atoms with Gasteiger partial charge >= 0.3 is 0 Å². The smallest absolute Gasteiger partial charge is 0.271 e. The Labute approximate surface area is 119 Å². The van der Waals surface area contributed by atoms with Crippen molar-refractivity contribution in [2.24, 2.45) is 0 Å². The quantitative estimate of drug-likeness (QED) is 0.314. The molecule has 0 aliphatic heterocycles. The van der Waals surface area contributed by atoms with Gasteiger partial charge in [-0.3, -0.25) is 10.1 Å². The zero-order valence-corrected chi connectivity index (χ0v) is 11.5. The maximum Gasteiger partial charge on any atom is 0.271 e. The summed E-state index contributed by atoms with van der Waals surface area (Å²) in [4.78, 5) is 9.48. The fourth-order valence-corrected chi connectivity index (χ4v) is 2.52. The summed E-state index contributed by atoms with van der Waals surface area (Å²) in [5, 5.41) is 10.5. The van der Waals surface area contributed by atoms with E-state index in [1.54, 1.807) is 0 Å². The second-order valence-corrected chi connectivity index (χ2v) is 5.58. The Kier molecular flexibility index (Phi) is 5.93. The molecule has 1 rings (SSSR count). The fourth-order valence-electron chi connectivity index (χ4n) is 1.39. The Balaban J connectivity index is 2.68. The van der Waals surface area contributed by atoms with Crippen molar-refractivity contribution in [1.82, 2.24) is 4.72 Å². The largest absolute Gasteiger partial charge is 0.397 e. The number of hydrogen-bond donors (Lipinski definition) is 2. The number of anilines is 1. The highest BCUT2D eigenvalue weighted by Gasteiger charge is 2.19. The molecule has 0 atom stereocenters. The Morgan fingerprint density at radius 1 is 1.43 bits per heavy atom. The van der Waals surface area contributed by atoms with Crippen LogP contribution >= 0.6 is 0 Å². The molecule has 0 saturated carbocycles. The molecule has 3 N–H and O–H groups in total. The lowest BCUT2D eigenvalue weighted by Gasteiger charge is -2.09. The number of halogens is 2. The maximum absolute atomic E-state index is 11.9. The van der Waals surface area contributed by atoms with Gasteiger partial charge in [0.1, 0.15) is 11.5 Å². The number of sulfonamides is 1. The SMILES string of the molecule is Nc1cc([N+](=O)[O-])ccc1S(=O)(=O)NCCOCC(F)F. The molecule has 21 heavy (non-hydrogen) atoms. The molecule has 0 heterocycles. The summed E-state index contributed by atoms with van der Waals surface area (Å²) in [5.74, 6) is 0. The number of non-ortho nitro benzene ring substituents is 1. The highest BCUT2D eigenvalue weighted by atomic mass is 32.2. The molecule has 1 aromatic rings. The second kappa shape index (κ2) is 7.24. The number of nitrogens with one attached hydrogen (secondary N) is 1. The maximum atomic E-state index is 11.9. The first kappa shape index (κ1) is 17.2. The zero-order valence-electron chi connectivity index (χ0n) is 10.7. The van der Waals surface area contributed by atoms with E-state index in [0.29, 0.717) is 0 Å². The van der Waals surface area contributed by atoms with Crippen LogP contribution in [0.2, 0.25) is 0 Å². The molecule has 118 valence electrons. The topological polar surface area (TPSA) is 125 Å². The number of alkyl halides is 2. The number of nitro benzene ring substituents is 1. The monoisotopic (exact) mass is 325 g/mol. The van der Waals surface area contributed by atoms with Crippen molar-refractivity contribution in [3.8, 4) is 0 Å². The lowest BCUT2D eigenvalue weighted by atomic mass is 10.3. The predicted molar refractivity (Wildman–Crippen MR) is 69.5 cm³/mol. The summed E-state index contributed by atoms with van der Waals surface area (Å²) in [7, 11) is -4.00. The van der Waals surface area contributed by atoms with E-state index in [1.165, 1.54) is 0 Å². The fraction of sp³-hybridized carbons (Fsp3) is 0.400. The average molecular weight is 325 g/mol. The lowest BCUT2D eigenvalue weighted by Crippen LogP contribution is -2.28. The third-order valence-electron chi connectivity index (χ3n) is 2.28. The molecule has 0 amide bonds. The average Bonchev–Trinajstić information content (AvgIpc) is 2.37. The molecule has 1 aromatic carbocycles. The van der Waals surface area contributed by atoms with Crippen LogP contribution in [0, 0.1) is 10.1 Å². The summed E-state index contributed by atoms with van der Waals surface area (Å²) >= 11 is 0. The van der Waals surface area contributed by atoms with Gasteiger partial charge in [0.2, 0.25) is 10.0 Å². The molecule has 0 spiro atoms. The molecule has 0 aliphatic carbocycles. The van der Waals surface area contributed by atoms with Crippen molar-refractivity contribution < 1.29 is 26.9 Å². The van der Waals surface area contributed by atoms with Gasteiger partial charge < -0.3 is 10.5 Å². The normalized spacial score (nSPS) is 11.8. The number of rotatable bonds is 8. The van der Waals surface area contributed by atoms with Gasteiger partial charge in [0, 0.05) is 18.7 Å². The van der Waals surface area contributed by atoms with Crippen molar-refractivity contribution in [3.63, 3.8) is 0 Å². The Hall–Kier alpha value is -1.85. The van der Waals surface area contributed by atoms with Crippen LogP contribution in [0.1, 0.15) is 0 Å². The Bertz CT molecular complexity index is 609. The van der Waals surface area contributed by atoms with Crippen LogP contribution in [-0.4, -0.2) is 39.5 Å². The van der Waals surface area contributed by atoms with E-state index >= 15 is 0 Å². The molecule has 0 radical (unpaired) electrons. The van der Waals surface area contributed by atoms with Crippen LogP contribution in [0.15, 0.2) is 23.1 Å². The second-order valence-electron chi connectivity index (χ2n) is 3.84. The van der Waals surface area contributed by atoms with Gasteiger partial charge in [0.15, 0.2) is 0 Å². The van der Waals surface area contributed by atoms with Crippen LogP contribution in [0.3, 0.4) is 0 Å². The molecule has 0 aliphatic rings. The van der Waals surface area contributed by atoms with Gasteiger partial charge in [-0.1, -0.05) is 0 Å². The molecule has 0 unspecified atom stereocenters. The van der Waals surface area contributed by atoms with E-state index in [0.717, 1.165) is 18.2 Å². The minimum atomic E-state index is -4.00. The number of nitrogen functional groups attached to an aromatic ring is 1. The number of ether oxygens (including phenoxy) is 1. The molecule has 0 saturated heterocycles. The summed E-state index contributed by atoms with van der Waals surface area (Å²) in [6.07, 6.45) is -2.63. The molecular formula is C10H13F2N3O5S.